The average molecular weight is 411 g/mol. The molecule has 1 aromatic heterocycles. The number of aryl methyl sites for hydroxylation is 2. The first-order chi connectivity index (χ1) is 13.6. The molecular weight excluding hydrogens is 384 g/mol. The third kappa shape index (κ3) is 2.92. The van der Waals surface area contributed by atoms with Crippen LogP contribution in [0.15, 0.2) is 24.3 Å². The monoisotopic (exact) mass is 410 g/mol. The maximum absolute atomic E-state index is 12.4. The topological polar surface area (TPSA) is 42.3 Å². The molecule has 0 radical (unpaired) electrons. The minimum Gasteiger partial charge on any atom is -0.339 e. The first-order valence-corrected chi connectivity index (χ1v) is 10.5. The van der Waals surface area contributed by atoms with Gasteiger partial charge in [0.05, 0.1) is 0 Å². The average Bonchev–Trinajstić information content (AvgIpc) is 3.37. The van der Waals surface area contributed by atoms with Crippen molar-refractivity contribution in [3.05, 3.63) is 46.5 Å². The van der Waals surface area contributed by atoms with E-state index in [0.717, 1.165) is 50.1 Å². The van der Waals surface area contributed by atoms with Gasteiger partial charge in [-0.05, 0) is 61.3 Å². The number of carbonyl (C=O) groups excluding carboxylic acids is 2. The molecule has 29 heavy (non-hydrogen) atoms. The standard InChI is InChI=1S/C24H26N2O2.ClH/c1-3-25(4-2)13-14-26-19-9-5-15-17(7-11-21(15)27)23(19)24-18-8-12-22(28)16(18)6-10-20(24)26;/h5-6,9-10H,3-4,7-8,11-14H2,1-2H3;1H. The minimum atomic E-state index is 0. The van der Waals surface area contributed by atoms with Gasteiger partial charge in [0.1, 0.15) is 0 Å². The molecule has 152 valence electrons. The van der Waals surface area contributed by atoms with Crippen LogP contribution < -0.4 is 0 Å². The lowest BCUT2D eigenvalue weighted by molar-refractivity contribution is 0.0986. The van der Waals surface area contributed by atoms with Crippen LogP contribution in [0.25, 0.3) is 21.8 Å². The second-order valence-corrected chi connectivity index (χ2v) is 8.00. The fourth-order valence-corrected chi connectivity index (χ4v) is 5.22. The Morgan fingerprint density at radius 2 is 1.28 bits per heavy atom. The van der Waals surface area contributed by atoms with E-state index >= 15 is 0 Å². The normalized spacial score (nSPS) is 15.4. The van der Waals surface area contributed by atoms with Crippen molar-refractivity contribution < 1.29 is 9.59 Å². The second kappa shape index (κ2) is 7.58. The molecule has 2 aliphatic rings. The van der Waals surface area contributed by atoms with Gasteiger partial charge in [-0.15, -0.1) is 12.4 Å². The molecule has 0 aliphatic heterocycles. The summed E-state index contributed by atoms with van der Waals surface area (Å²) >= 11 is 0. The third-order valence-corrected chi connectivity index (χ3v) is 6.75. The maximum atomic E-state index is 12.4. The molecule has 0 saturated carbocycles. The molecule has 0 spiro atoms. The zero-order valence-electron chi connectivity index (χ0n) is 17.1. The number of aromatic nitrogens is 1. The zero-order chi connectivity index (χ0) is 19.4. The van der Waals surface area contributed by atoms with Crippen LogP contribution in [0.2, 0.25) is 0 Å². The molecule has 0 fully saturated rings. The zero-order valence-corrected chi connectivity index (χ0v) is 17.9. The molecule has 3 aromatic rings. The van der Waals surface area contributed by atoms with Gasteiger partial charge in [-0.25, -0.2) is 0 Å². The Kier molecular flexibility index (Phi) is 5.26. The van der Waals surface area contributed by atoms with Crippen molar-refractivity contribution >= 4 is 45.8 Å². The number of hydrogen-bond acceptors (Lipinski definition) is 3. The lowest BCUT2D eigenvalue weighted by atomic mass is 9.98. The van der Waals surface area contributed by atoms with Crippen LogP contribution >= 0.6 is 12.4 Å². The number of hydrogen-bond donors (Lipinski definition) is 0. The van der Waals surface area contributed by atoms with Gasteiger partial charge in [0.25, 0.3) is 0 Å². The Morgan fingerprint density at radius 3 is 1.72 bits per heavy atom. The quantitative estimate of drug-likeness (QED) is 0.605. The van der Waals surface area contributed by atoms with E-state index in [1.807, 2.05) is 12.1 Å². The van der Waals surface area contributed by atoms with Crippen molar-refractivity contribution in [1.82, 2.24) is 9.47 Å². The summed E-state index contributed by atoms with van der Waals surface area (Å²) in [6.07, 6.45) is 2.85. The highest BCUT2D eigenvalue weighted by Crippen LogP contribution is 2.41. The molecule has 5 rings (SSSR count). The van der Waals surface area contributed by atoms with E-state index in [9.17, 15) is 9.59 Å². The number of nitrogens with zero attached hydrogens (tertiary/aromatic N) is 2. The van der Waals surface area contributed by atoms with Gasteiger partial charge in [0, 0.05) is 58.9 Å². The van der Waals surface area contributed by atoms with Crippen LogP contribution in [0.1, 0.15) is 58.5 Å². The predicted octanol–water partition coefficient (Wildman–Crippen LogP) is 4.82. The van der Waals surface area contributed by atoms with E-state index in [0.29, 0.717) is 12.8 Å². The van der Waals surface area contributed by atoms with E-state index in [4.69, 9.17) is 0 Å². The Balaban J connectivity index is 0.00000205. The van der Waals surface area contributed by atoms with Crippen LogP contribution in [0.5, 0.6) is 0 Å². The molecule has 0 N–H and O–H groups in total. The van der Waals surface area contributed by atoms with Gasteiger partial charge in [-0.2, -0.15) is 0 Å². The number of carbonyl (C=O) groups is 2. The second-order valence-electron chi connectivity index (χ2n) is 8.00. The molecule has 0 saturated heterocycles. The molecule has 4 nitrogen and oxygen atoms in total. The van der Waals surface area contributed by atoms with Crippen molar-refractivity contribution in [2.75, 3.05) is 19.6 Å². The summed E-state index contributed by atoms with van der Waals surface area (Å²) in [6.45, 7) is 8.40. The first-order valence-electron chi connectivity index (χ1n) is 10.5. The van der Waals surface area contributed by atoms with Gasteiger partial charge in [-0.1, -0.05) is 13.8 Å². The maximum Gasteiger partial charge on any atom is 0.163 e. The van der Waals surface area contributed by atoms with Gasteiger partial charge >= 0.3 is 0 Å². The molecule has 2 aliphatic carbocycles. The first kappa shape index (κ1) is 20.1. The highest BCUT2D eigenvalue weighted by Gasteiger charge is 2.29. The summed E-state index contributed by atoms with van der Waals surface area (Å²) in [7, 11) is 0. The summed E-state index contributed by atoms with van der Waals surface area (Å²) in [4.78, 5) is 27.2. The Bertz CT molecular complexity index is 1060. The molecule has 0 atom stereocenters. The third-order valence-electron chi connectivity index (χ3n) is 6.75. The number of fused-ring (bicyclic) bond motifs is 7. The van der Waals surface area contributed by atoms with Crippen LogP contribution in [-0.2, 0) is 19.4 Å². The lowest BCUT2D eigenvalue weighted by Crippen LogP contribution is -2.26. The Morgan fingerprint density at radius 1 is 0.793 bits per heavy atom. The van der Waals surface area contributed by atoms with Crippen molar-refractivity contribution in [1.29, 1.82) is 0 Å². The largest absolute Gasteiger partial charge is 0.339 e. The van der Waals surface area contributed by atoms with E-state index < -0.39 is 0 Å². The van der Waals surface area contributed by atoms with Crippen molar-refractivity contribution in [2.24, 2.45) is 0 Å². The number of benzene rings is 2. The van der Waals surface area contributed by atoms with Gasteiger partial charge in [0.15, 0.2) is 11.6 Å². The molecule has 0 bridgehead atoms. The van der Waals surface area contributed by atoms with Crippen LogP contribution in [-0.4, -0.2) is 40.7 Å². The molecule has 2 aromatic carbocycles. The highest BCUT2D eigenvalue weighted by molar-refractivity contribution is 6.18. The van der Waals surface area contributed by atoms with Crippen LogP contribution in [0, 0.1) is 0 Å². The van der Waals surface area contributed by atoms with Gasteiger partial charge < -0.3 is 9.47 Å². The van der Waals surface area contributed by atoms with Crippen molar-refractivity contribution in [3.8, 4) is 0 Å². The van der Waals surface area contributed by atoms with E-state index in [-0.39, 0.29) is 24.0 Å². The van der Waals surface area contributed by atoms with Crippen molar-refractivity contribution in [3.63, 3.8) is 0 Å². The van der Waals surface area contributed by atoms with E-state index in [2.05, 4.69) is 35.4 Å². The Hall–Kier alpha value is -2.17. The summed E-state index contributed by atoms with van der Waals surface area (Å²) < 4.78 is 2.41. The van der Waals surface area contributed by atoms with Gasteiger partial charge in [0.2, 0.25) is 0 Å². The van der Waals surface area contributed by atoms with E-state index in [1.165, 1.54) is 32.9 Å². The fourth-order valence-electron chi connectivity index (χ4n) is 5.22. The molecule has 5 heteroatoms. The number of ketones is 2. The predicted molar refractivity (Wildman–Crippen MR) is 120 cm³/mol. The van der Waals surface area contributed by atoms with Crippen LogP contribution in [0.3, 0.4) is 0 Å². The number of Topliss-reactive ketones (excluding diaryl/α,β-unsaturated/α-hetero) is 2. The number of halogens is 1. The molecular formula is C24H27ClN2O2. The molecule has 0 unspecified atom stereocenters. The van der Waals surface area contributed by atoms with E-state index in [1.54, 1.807) is 0 Å². The molecule has 0 amide bonds. The fraction of sp³-hybridized carbons (Fsp3) is 0.417. The van der Waals surface area contributed by atoms with Crippen LogP contribution in [0.4, 0.5) is 0 Å². The summed E-state index contributed by atoms with van der Waals surface area (Å²) in [6, 6.07) is 8.29. The number of likely N-dealkylation sites (N-methyl/N-ethyl adjacent to an activating group) is 1. The summed E-state index contributed by atoms with van der Waals surface area (Å²) in [5.41, 5.74) is 6.59. The Labute approximate surface area is 177 Å². The summed E-state index contributed by atoms with van der Waals surface area (Å²) in [5.74, 6) is 0.509. The van der Waals surface area contributed by atoms with Gasteiger partial charge in [-0.3, -0.25) is 9.59 Å². The smallest absolute Gasteiger partial charge is 0.163 e. The highest BCUT2D eigenvalue weighted by atomic mass is 35.5. The molecule has 1 heterocycles. The number of rotatable bonds is 5. The lowest BCUT2D eigenvalue weighted by Gasteiger charge is -2.19. The summed E-state index contributed by atoms with van der Waals surface area (Å²) in [5, 5.41) is 2.45. The minimum absolute atomic E-state index is 0. The SMILES string of the molecule is CCN(CC)CCn1c2ccc3c(c2c2c4c(ccc21)C(=O)CC4)CCC3=O.Cl. The van der Waals surface area contributed by atoms with Crippen molar-refractivity contribution in [2.45, 2.75) is 46.1 Å².